The van der Waals surface area contributed by atoms with Crippen molar-refractivity contribution in [1.82, 2.24) is 10.3 Å². The van der Waals surface area contributed by atoms with E-state index in [1.165, 1.54) is 0 Å². The molecule has 0 bridgehead atoms. The lowest BCUT2D eigenvalue weighted by Crippen LogP contribution is -2.62. The number of benzene rings is 2. The fourth-order valence-electron chi connectivity index (χ4n) is 4.06. The molecule has 2 atom stereocenters. The van der Waals surface area contributed by atoms with Crippen LogP contribution in [0.25, 0.3) is 0 Å². The first kappa shape index (κ1) is 17.0. The van der Waals surface area contributed by atoms with Gasteiger partial charge in [0.2, 0.25) is 6.79 Å². The van der Waals surface area contributed by atoms with Crippen LogP contribution < -0.4 is 19.9 Å². The van der Waals surface area contributed by atoms with E-state index >= 15 is 0 Å². The summed E-state index contributed by atoms with van der Waals surface area (Å²) in [7, 11) is 0. The highest BCUT2D eigenvalue weighted by Crippen LogP contribution is 2.42. The van der Waals surface area contributed by atoms with Crippen LogP contribution in [0.15, 0.2) is 36.4 Å². The first-order valence-electron chi connectivity index (χ1n) is 8.81. The van der Waals surface area contributed by atoms with E-state index in [1.807, 2.05) is 23.2 Å². The van der Waals surface area contributed by atoms with Crippen molar-refractivity contribution in [3.63, 3.8) is 0 Å². The van der Waals surface area contributed by atoms with Gasteiger partial charge in [0.1, 0.15) is 6.17 Å². The average molecular weight is 406 g/mol. The Bertz CT molecular complexity index is 903. The summed E-state index contributed by atoms with van der Waals surface area (Å²) in [6.45, 7) is 1.06. The number of anilines is 1. The normalized spacial score (nSPS) is 24.1. The topological polar surface area (TPSA) is 54.0 Å². The Labute approximate surface area is 166 Å². The largest absolute Gasteiger partial charge is 0.454 e. The van der Waals surface area contributed by atoms with E-state index in [2.05, 4.69) is 10.3 Å². The molecule has 0 aromatic heterocycles. The number of ether oxygens (including phenoxy) is 2. The number of hydrogen-bond donors (Lipinski definition) is 1. The van der Waals surface area contributed by atoms with Gasteiger partial charge in [0.25, 0.3) is 5.91 Å². The molecule has 1 N–H and O–H groups in total. The van der Waals surface area contributed by atoms with E-state index in [0.717, 1.165) is 36.4 Å². The minimum absolute atomic E-state index is 0.0133. The number of carbonyl (C=O) groups is 1. The van der Waals surface area contributed by atoms with Gasteiger partial charge in [-0.25, -0.2) is 0 Å². The van der Waals surface area contributed by atoms with Crippen molar-refractivity contribution >= 4 is 34.8 Å². The Morgan fingerprint density at radius 1 is 1.04 bits per heavy atom. The van der Waals surface area contributed by atoms with Crippen LogP contribution in [0.2, 0.25) is 10.0 Å². The fourth-order valence-corrected chi connectivity index (χ4v) is 4.58. The van der Waals surface area contributed by atoms with Gasteiger partial charge < -0.3 is 9.47 Å². The van der Waals surface area contributed by atoms with Crippen LogP contribution in [0.5, 0.6) is 11.5 Å². The van der Waals surface area contributed by atoms with E-state index in [4.69, 9.17) is 32.7 Å². The Morgan fingerprint density at radius 2 is 1.81 bits per heavy atom. The number of nitrogens with zero attached hydrogens (tertiary/aromatic N) is 2. The molecule has 3 aliphatic heterocycles. The lowest BCUT2D eigenvalue weighted by molar-refractivity contribution is -0.130. The number of amides is 1. The van der Waals surface area contributed by atoms with Crippen LogP contribution in [0.3, 0.4) is 0 Å². The van der Waals surface area contributed by atoms with Gasteiger partial charge in [-0.15, -0.1) is 0 Å². The van der Waals surface area contributed by atoms with Gasteiger partial charge in [-0.3, -0.25) is 20.1 Å². The van der Waals surface area contributed by atoms with Gasteiger partial charge in [-0.2, -0.15) is 0 Å². The summed E-state index contributed by atoms with van der Waals surface area (Å²) in [4.78, 5) is 14.9. The van der Waals surface area contributed by atoms with Gasteiger partial charge in [0.15, 0.2) is 11.5 Å². The molecule has 8 heteroatoms. The van der Waals surface area contributed by atoms with Gasteiger partial charge in [0.05, 0.1) is 11.7 Å². The van der Waals surface area contributed by atoms with Crippen LogP contribution in [0.1, 0.15) is 24.6 Å². The predicted molar refractivity (Wildman–Crippen MR) is 102 cm³/mol. The molecule has 1 amide bonds. The maximum absolute atomic E-state index is 12.7. The van der Waals surface area contributed by atoms with Gasteiger partial charge in [-0.05, 0) is 48.7 Å². The molecule has 0 saturated carbocycles. The Morgan fingerprint density at radius 3 is 2.63 bits per heavy atom. The third kappa shape index (κ3) is 2.88. The molecule has 27 heavy (non-hydrogen) atoms. The van der Waals surface area contributed by atoms with Gasteiger partial charge >= 0.3 is 0 Å². The summed E-state index contributed by atoms with van der Waals surface area (Å²) >= 11 is 12.4. The number of fused-ring (bicyclic) bond motifs is 2. The summed E-state index contributed by atoms with van der Waals surface area (Å²) in [6, 6.07) is 11.0. The second-order valence-electron chi connectivity index (χ2n) is 6.86. The zero-order valence-corrected chi connectivity index (χ0v) is 15.8. The molecule has 5 rings (SSSR count). The molecule has 0 aliphatic carbocycles. The van der Waals surface area contributed by atoms with Crippen LogP contribution in [0, 0.1) is 0 Å². The van der Waals surface area contributed by atoms with Crippen molar-refractivity contribution in [3.05, 3.63) is 52.0 Å². The first-order valence-corrected chi connectivity index (χ1v) is 9.57. The first-order chi connectivity index (χ1) is 13.1. The monoisotopic (exact) mass is 405 g/mol. The molecule has 3 aliphatic rings. The van der Waals surface area contributed by atoms with Crippen molar-refractivity contribution in [3.8, 4) is 11.5 Å². The second-order valence-corrected chi connectivity index (χ2v) is 7.73. The minimum Gasteiger partial charge on any atom is -0.454 e. The lowest BCUT2D eigenvalue weighted by Gasteiger charge is -2.46. The van der Waals surface area contributed by atoms with Gasteiger partial charge in [-0.1, -0.05) is 29.3 Å². The number of hydrazine groups is 1. The van der Waals surface area contributed by atoms with E-state index in [9.17, 15) is 4.79 Å². The van der Waals surface area contributed by atoms with E-state index in [-0.39, 0.29) is 24.9 Å². The SMILES string of the molecule is O=C1NN(c2cc(Cl)cc(Cl)c2)C(c2ccc3c(c2)OCO3)N2CCC[C@@H]12. The van der Waals surface area contributed by atoms with Gasteiger partial charge in [0, 0.05) is 16.6 Å². The number of halogens is 2. The highest BCUT2D eigenvalue weighted by molar-refractivity contribution is 6.35. The summed E-state index contributed by atoms with van der Waals surface area (Å²) < 4.78 is 11.0. The minimum atomic E-state index is -0.195. The number of rotatable bonds is 2. The molecule has 0 radical (unpaired) electrons. The zero-order chi connectivity index (χ0) is 18.5. The molecular weight excluding hydrogens is 389 g/mol. The van der Waals surface area contributed by atoms with Crippen LogP contribution in [-0.4, -0.2) is 30.2 Å². The Balaban J connectivity index is 1.61. The van der Waals surface area contributed by atoms with Crippen molar-refractivity contribution < 1.29 is 14.3 Å². The lowest BCUT2D eigenvalue weighted by atomic mass is 10.1. The molecule has 2 aromatic rings. The van der Waals surface area contributed by atoms with Crippen molar-refractivity contribution in [2.24, 2.45) is 0 Å². The number of carbonyl (C=O) groups excluding carboxylic acids is 1. The maximum atomic E-state index is 12.7. The molecule has 2 fully saturated rings. The van der Waals surface area contributed by atoms with Crippen LogP contribution >= 0.6 is 23.2 Å². The maximum Gasteiger partial charge on any atom is 0.255 e. The third-order valence-electron chi connectivity index (χ3n) is 5.21. The molecule has 6 nitrogen and oxygen atoms in total. The van der Waals surface area contributed by atoms with Crippen molar-refractivity contribution in [1.29, 1.82) is 0 Å². The van der Waals surface area contributed by atoms with Crippen molar-refractivity contribution in [2.45, 2.75) is 25.0 Å². The highest BCUT2D eigenvalue weighted by atomic mass is 35.5. The third-order valence-corrected chi connectivity index (χ3v) is 5.64. The number of nitrogens with one attached hydrogen (secondary N) is 1. The standard InChI is InChI=1S/C19H17Cl2N3O3/c20-12-7-13(21)9-14(8-12)24-19(23-5-1-2-15(23)18(25)22-24)11-3-4-16-17(6-11)27-10-26-16/h3-4,6-9,15,19H,1-2,5,10H2,(H,22,25)/t15-,19?/m0/s1. The molecule has 0 spiro atoms. The highest BCUT2D eigenvalue weighted by Gasteiger charge is 2.44. The molecule has 140 valence electrons. The van der Waals surface area contributed by atoms with Crippen LogP contribution in [0.4, 0.5) is 5.69 Å². The van der Waals surface area contributed by atoms with E-state index < -0.39 is 0 Å². The summed E-state index contributed by atoms with van der Waals surface area (Å²) in [5.74, 6) is 1.43. The average Bonchev–Trinajstić information content (AvgIpc) is 3.29. The van der Waals surface area contributed by atoms with E-state index in [0.29, 0.717) is 15.8 Å². The van der Waals surface area contributed by atoms with Crippen LogP contribution in [-0.2, 0) is 4.79 Å². The Hall–Kier alpha value is -2.15. The summed E-state index contributed by atoms with van der Waals surface area (Å²) in [6.07, 6.45) is 1.62. The molecule has 2 saturated heterocycles. The molecule has 2 aromatic carbocycles. The molecular formula is C19H17Cl2N3O3. The predicted octanol–water partition coefficient (Wildman–Crippen LogP) is 3.74. The second kappa shape index (κ2) is 6.48. The van der Waals surface area contributed by atoms with Crippen molar-refractivity contribution in [2.75, 3.05) is 18.3 Å². The molecule has 1 unspecified atom stereocenters. The fraction of sp³-hybridized carbons (Fsp3) is 0.316. The smallest absolute Gasteiger partial charge is 0.255 e. The van der Waals surface area contributed by atoms with E-state index in [1.54, 1.807) is 18.2 Å². The zero-order valence-electron chi connectivity index (χ0n) is 14.3. The quantitative estimate of drug-likeness (QED) is 0.824. The number of hydrogen-bond acceptors (Lipinski definition) is 5. The Kier molecular flexibility index (Phi) is 4.07. The molecule has 3 heterocycles. The summed E-state index contributed by atoms with van der Waals surface area (Å²) in [5.41, 5.74) is 4.77. The summed E-state index contributed by atoms with van der Waals surface area (Å²) in [5, 5.41) is 2.86.